The van der Waals surface area contributed by atoms with Crippen LogP contribution in [0, 0.1) is 5.82 Å². The van der Waals surface area contributed by atoms with E-state index in [2.05, 4.69) is 0 Å². The van der Waals surface area contributed by atoms with Crippen LogP contribution in [0.1, 0.15) is 0 Å². The van der Waals surface area contributed by atoms with Crippen molar-refractivity contribution in [3.05, 3.63) is 30.1 Å². The minimum Gasteiger partial charge on any atom is -0.491 e. The van der Waals surface area contributed by atoms with Crippen LogP contribution in [0.15, 0.2) is 24.3 Å². The van der Waals surface area contributed by atoms with E-state index in [0.717, 1.165) is 6.54 Å². The lowest BCUT2D eigenvalue weighted by Crippen LogP contribution is -2.86. The third-order valence-corrected chi connectivity index (χ3v) is 2.11. The molecule has 0 amide bonds. The molecule has 4 nitrogen and oxygen atoms in total. The van der Waals surface area contributed by atoms with Crippen molar-refractivity contribution in [2.75, 3.05) is 39.5 Å². The summed E-state index contributed by atoms with van der Waals surface area (Å²) in [5.74, 6) is 0.370. The number of ether oxygens (including phenoxy) is 2. The predicted molar refractivity (Wildman–Crippen MR) is 61.5 cm³/mol. The van der Waals surface area contributed by atoms with Crippen LogP contribution in [0.25, 0.3) is 0 Å². The first kappa shape index (κ1) is 13.9. The van der Waals surface area contributed by atoms with Gasteiger partial charge < -0.3 is 19.9 Å². The first-order chi connectivity index (χ1) is 8.33. The number of nitrogens with two attached hydrogens (primary N) is 1. The van der Waals surface area contributed by atoms with E-state index < -0.39 is 0 Å². The van der Waals surface area contributed by atoms with E-state index in [0.29, 0.717) is 32.1 Å². The highest BCUT2D eigenvalue weighted by Crippen LogP contribution is 2.10. The van der Waals surface area contributed by atoms with Gasteiger partial charge in [0.2, 0.25) is 0 Å². The van der Waals surface area contributed by atoms with E-state index in [1.165, 1.54) is 12.1 Å². The molecule has 0 aromatic heterocycles. The number of rotatable bonds is 9. The summed E-state index contributed by atoms with van der Waals surface area (Å²) in [5, 5.41) is 10.5. The number of halogens is 1. The second-order valence-electron chi connectivity index (χ2n) is 3.50. The van der Waals surface area contributed by atoms with Crippen molar-refractivity contribution in [1.29, 1.82) is 0 Å². The molecular formula is C12H19FNO3+. The molecule has 0 spiro atoms. The number of benzene rings is 1. The van der Waals surface area contributed by atoms with Gasteiger partial charge in [0.1, 0.15) is 18.2 Å². The number of hydrogen-bond acceptors (Lipinski definition) is 3. The van der Waals surface area contributed by atoms with Gasteiger partial charge in [-0.05, 0) is 24.3 Å². The Morgan fingerprint density at radius 1 is 1.06 bits per heavy atom. The van der Waals surface area contributed by atoms with E-state index in [-0.39, 0.29) is 12.4 Å². The van der Waals surface area contributed by atoms with Crippen LogP contribution in [0.3, 0.4) is 0 Å². The molecule has 1 aromatic rings. The Kier molecular flexibility index (Phi) is 7.29. The van der Waals surface area contributed by atoms with E-state index >= 15 is 0 Å². The monoisotopic (exact) mass is 244 g/mol. The molecule has 17 heavy (non-hydrogen) atoms. The van der Waals surface area contributed by atoms with Crippen molar-refractivity contribution in [2.45, 2.75) is 0 Å². The van der Waals surface area contributed by atoms with Crippen LogP contribution in [-0.4, -0.2) is 44.6 Å². The van der Waals surface area contributed by atoms with Gasteiger partial charge in [-0.3, -0.25) is 0 Å². The summed E-state index contributed by atoms with van der Waals surface area (Å²) in [6.45, 7) is 3.31. The van der Waals surface area contributed by atoms with E-state index in [1.54, 1.807) is 12.1 Å². The van der Waals surface area contributed by atoms with Crippen molar-refractivity contribution in [3.63, 3.8) is 0 Å². The van der Waals surface area contributed by atoms with E-state index in [1.807, 2.05) is 5.32 Å². The van der Waals surface area contributed by atoms with E-state index in [4.69, 9.17) is 14.6 Å². The minimum absolute atomic E-state index is 0.188. The van der Waals surface area contributed by atoms with Gasteiger partial charge in [-0.1, -0.05) is 0 Å². The molecule has 1 aromatic carbocycles. The van der Waals surface area contributed by atoms with Crippen molar-refractivity contribution in [3.8, 4) is 5.75 Å². The largest absolute Gasteiger partial charge is 0.491 e. The highest BCUT2D eigenvalue weighted by Gasteiger charge is 1.95. The number of aliphatic hydroxyl groups is 1. The molecule has 0 aliphatic carbocycles. The molecule has 0 aliphatic rings. The first-order valence-electron chi connectivity index (χ1n) is 5.71. The molecule has 0 unspecified atom stereocenters. The summed E-state index contributed by atoms with van der Waals surface area (Å²) < 4.78 is 23.2. The van der Waals surface area contributed by atoms with Crippen LogP contribution in [0.4, 0.5) is 4.39 Å². The van der Waals surface area contributed by atoms with Gasteiger partial charge in [-0.25, -0.2) is 4.39 Å². The van der Waals surface area contributed by atoms with Crippen LogP contribution >= 0.6 is 0 Å². The summed E-state index contributed by atoms with van der Waals surface area (Å²) in [7, 11) is 0. The summed E-state index contributed by atoms with van der Waals surface area (Å²) in [6, 6.07) is 5.90. The number of quaternary nitrogens is 1. The lowest BCUT2D eigenvalue weighted by Gasteiger charge is -2.06. The first-order valence-corrected chi connectivity index (χ1v) is 5.71. The van der Waals surface area contributed by atoms with Crippen molar-refractivity contribution >= 4 is 0 Å². The summed E-state index contributed by atoms with van der Waals surface area (Å²) >= 11 is 0. The predicted octanol–water partition coefficient (Wildman–Crippen LogP) is -0.223. The van der Waals surface area contributed by atoms with Gasteiger partial charge in [0, 0.05) is 0 Å². The third-order valence-electron chi connectivity index (χ3n) is 2.11. The molecule has 0 atom stereocenters. The minimum atomic E-state index is -0.270. The van der Waals surface area contributed by atoms with Gasteiger partial charge in [-0.2, -0.15) is 0 Å². The van der Waals surface area contributed by atoms with Crippen LogP contribution in [-0.2, 0) is 4.74 Å². The Balaban J connectivity index is 1.95. The van der Waals surface area contributed by atoms with Gasteiger partial charge >= 0.3 is 0 Å². The van der Waals surface area contributed by atoms with Gasteiger partial charge in [0.25, 0.3) is 0 Å². The highest BCUT2D eigenvalue weighted by atomic mass is 19.1. The average Bonchev–Trinajstić information content (AvgIpc) is 2.35. The zero-order valence-electron chi connectivity index (χ0n) is 9.77. The molecule has 0 heterocycles. The lowest BCUT2D eigenvalue weighted by atomic mass is 10.3. The number of hydrogen-bond donors (Lipinski definition) is 2. The van der Waals surface area contributed by atoms with Gasteiger partial charge in [-0.15, -0.1) is 0 Å². The molecule has 96 valence electrons. The molecule has 3 N–H and O–H groups in total. The fourth-order valence-electron chi connectivity index (χ4n) is 1.25. The topological polar surface area (TPSA) is 55.3 Å². The Hall–Kier alpha value is -1.17. The molecule has 0 saturated carbocycles. The van der Waals surface area contributed by atoms with E-state index in [9.17, 15) is 4.39 Å². The maximum atomic E-state index is 12.6. The third kappa shape index (κ3) is 6.88. The second-order valence-corrected chi connectivity index (χ2v) is 3.50. The fraction of sp³-hybridized carbons (Fsp3) is 0.500. The highest BCUT2D eigenvalue weighted by molar-refractivity contribution is 5.21. The Morgan fingerprint density at radius 2 is 1.82 bits per heavy atom. The zero-order chi connectivity index (χ0) is 12.3. The Bertz CT molecular complexity index is 292. The molecule has 0 bridgehead atoms. The second kappa shape index (κ2) is 8.92. The molecular weight excluding hydrogens is 225 g/mol. The van der Waals surface area contributed by atoms with Crippen LogP contribution in [0.2, 0.25) is 0 Å². The van der Waals surface area contributed by atoms with Crippen molar-refractivity contribution in [2.24, 2.45) is 0 Å². The smallest absolute Gasteiger partial charge is 0.123 e. The summed E-state index contributed by atoms with van der Waals surface area (Å²) in [5.41, 5.74) is 0. The van der Waals surface area contributed by atoms with Gasteiger partial charge in [0.05, 0.1) is 32.9 Å². The standard InChI is InChI=1S/C12H18FNO3/c13-11-1-3-12(4-2-11)17-10-9-16-8-6-14-5-7-15/h1-4,14-15H,5-10H2/p+1. The Morgan fingerprint density at radius 3 is 2.53 bits per heavy atom. The SMILES string of the molecule is OCC[NH2+]CCOCCOc1ccc(F)cc1. The quantitative estimate of drug-likeness (QED) is 0.590. The van der Waals surface area contributed by atoms with Crippen LogP contribution < -0.4 is 10.1 Å². The maximum Gasteiger partial charge on any atom is 0.123 e. The maximum absolute atomic E-state index is 12.6. The van der Waals surface area contributed by atoms with Gasteiger partial charge in [0.15, 0.2) is 0 Å². The normalized spacial score (nSPS) is 10.5. The number of aliphatic hydroxyl groups excluding tert-OH is 1. The Labute approximate surface area is 100 Å². The van der Waals surface area contributed by atoms with Crippen molar-refractivity contribution in [1.82, 2.24) is 0 Å². The molecule has 1 rings (SSSR count). The lowest BCUT2D eigenvalue weighted by molar-refractivity contribution is -0.657. The van der Waals surface area contributed by atoms with Crippen LogP contribution in [0.5, 0.6) is 5.75 Å². The molecule has 0 fully saturated rings. The zero-order valence-corrected chi connectivity index (χ0v) is 9.77. The molecule has 0 aliphatic heterocycles. The summed E-state index contributed by atoms with van der Waals surface area (Å²) in [6.07, 6.45) is 0. The fourth-order valence-corrected chi connectivity index (χ4v) is 1.25. The molecule has 0 radical (unpaired) electrons. The van der Waals surface area contributed by atoms with Crippen molar-refractivity contribution < 1.29 is 24.3 Å². The molecule has 0 saturated heterocycles. The summed E-state index contributed by atoms with van der Waals surface area (Å²) in [4.78, 5) is 0. The molecule has 5 heteroatoms. The average molecular weight is 244 g/mol.